The van der Waals surface area contributed by atoms with Gasteiger partial charge in [0.2, 0.25) is 0 Å². The lowest BCUT2D eigenvalue weighted by atomic mass is 9.88. The fraction of sp³-hybridized carbons (Fsp3) is 0.562. The SMILES string of the molecule is COc1cc(C(=O)NCC(N)CC(C)(C)C)ccc1C. The van der Waals surface area contributed by atoms with Crippen LogP contribution in [0.4, 0.5) is 0 Å². The van der Waals surface area contributed by atoms with E-state index in [0.717, 1.165) is 17.7 Å². The molecule has 1 unspecified atom stereocenters. The van der Waals surface area contributed by atoms with Crippen molar-refractivity contribution in [2.75, 3.05) is 13.7 Å². The number of nitrogens with two attached hydrogens (primary N) is 1. The molecule has 0 aliphatic carbocycles. The predicted molar refractivity (Wildman–Crippen MR) is 82.1 cm³/mol. The molecule has 1 amide bonds. The monoisotopic (exact) mass is 278 g/mol. The quantitative estimate of drug-likeness (QED) is 0.869. The van der Waals surface area contributed by atoms with Crippen molar-refractivity contribution >= 4 is 5.91 Å². The molecule has 1 atom stereocenters. The van der Waals surface area contributed by atoms with E-state index in [-0.39, 0.29) is 17.4 Å². The number of aryl methyl sites for hydroxylation is 1. The van der Waals surface area contributed by atoms with Crippen molar-refractivity contribution < 1.29 is 9.53 Å². The third kappa shape index (κ3) is 5.21. The third-order valence-corrected chi connectivity index (χ3v) is 3.07. The zero-order chi connectivity index (χ0) is 15.3. The van der Waals surface area contributed by atoms with Crippen LogP contribution in [0.1, 0.15) is 43.1 Å². The summed E-state index contributed by atoms with van der Waals surface area (Å²) in [7, 11) is 1.60. The van der Waals surface area contributed by atoms with Crippen LogP contribution < -0.4 is 15.8 Å². The van der Waals surface area contributed by atoms with Crippen LogP contribution in [0.3, 0.4) is 0 Å². The molecule has 1 aromatic carbocycles. The lowest BCUT2D eigenvalue weighted by Gasteiger charge is -2.23. The van der Waals surface area contributed by atoms with Crippen molar-refractivity contribution in [3.63, 3.8) is 0 Å². The molecule has 112 valence electrons. The average Bonchev–Trinajstić information content (AvgIpc) is 2.34. The van der Waals surface area contributed by atoms with Crippen LogP contribution in [-0.4, -0.2) is 25.6 Å². The molecule has 0 saturated carbocycles. The molecule has 0 heterocycles. The summed E-state index contributed by atoms with van der Waals surface area (Å²) in [5, 5.41) is 2.87. The molecule has 0 radical (unpaired) electrons. The Morgan fingerprint density at radius 2 is 2.05 bits per heavy atom. The number of benzene rings is 1. The fourth-order valence-corrected chi connectivity index (χ4v) is 2.15. The van der Waals surface area contributed by atoms with E-state index in [0.29, 0.717) is 12.1 Å². The average molecular weight is 278 g/mol. The molecular formula is C16H26N2O2. The maximum Gasteiger partial charge on any atom is 0.251 e. The summed E-state index contributed by atoms with van der Waals surface area (Å²) in [6.07, 6.45) is 0.866. The molecular weight excluding hydrogens is 252 g/mol. The highest BCUT2D eigenvalue weighted by Gasteiger charge is 2.16. The Bertz CT molecular complexity index is 464. The molecule has 0 aliphatic rings. The zero-order valence-corrected chi connectivity index (χ0v) is 13.1. The van der Waals surface area contributed by atoms with Crippen LogP contribution in [0.15, 0.2) is 18.2 Å². The van der Waals surface area contributed by atoms with Crippen LogP contribution in [0.25, 0.3) is 0 Å². The van der Waals surface area contributed by atoms with E-state index in [1.165, 1.54) is 0 Å². The van der Waals surface area contributed by atoms with E-state index in [1.807, 2.05) is 13.0 Å². The standard InChI is InChI=1S/C16H26N2O2/c1-11-6-7-12(8-14(11)20-5)15(19)18-10-13(17)9-16(2,3)4/h6-8,13H,9-10,17H2,1-5H3,(H,18,19). The molecule has 0 aliphatic heterocycles. The molecule has 0 saturated heterocycles. The second-order valence-electron chi connectivity index (χ2n) is 6.42. The molecule has 4 heteroatoms. The molecule has 20 heavy (non-hydrogen) atoms. The van der Waals surface area contributed by atoms with Crippen molar-refractivity contribution in [2.24, 2.45) is 11.1 Å². The smallest absolute Gasteiger partial charge is 0.251 e. The number of ether oxygens (including phenoxy) is 1. The van der Waals surface area contributed by atoms with Gasteiger partial charge in [-0.25, -0.2) is 0 Å². The van der Waals surface area contributed by atoms with Gasteiger partial charge >= 0.3 is 0 Å². The van der Waals surface area contributed by atoms with Crippen LogP contribution in [-0.2, 0) is 0 Å². The Balaban J connectivity index is 2.59. The fourth-order valence-electron chi connectivity index (χ4n) is 2.15. The summed E-state index contributed by atoms with van der Waals surface area (Å²) in [5.74, 6) is 0.601. The minimum absolute atomic E-state index is 0.0358. The van der Waals surface area contributed by atoms with Gasteiger partial charge in [-0.05, 0) is 36.5 Å². The van der Waals surface area contributed by atoms with E-state index in [9.17, 15) is 4.79 Å². The van der Waals surface area contributed by atoms with Gasteiger partial charge in [-0.2, -0.15) is 0 Å². The number of carbonyl (C=O) groups is 1. The van der Waals surface area contributed by atoms with Gasteiger partial charge in [0, 0.05) is 18.2 Å². The number of hydrogen-bond donors (Lipinski definition) is 2. The van der Waals surface area contributed by atoms with Crippen LogP contribution in [0, 0.1) is 12.3 Å². The van der Waals surface area contributed by atoms with Crippen LogP contribution in [0.2, 0.25) is 0 Å². The van der Waals surface area contributed by atoms with Crippen LogP contribution in [0.5, 0.6) is 5.75 Å². The van der Waals surface area contributed by atoms with Gasteiger partial charge < -0.3 is 15.8 Å². The minimum atomic E-state index is -0.118. The van der Waals surface area contributed by atoms with E-state index in [1.54, 1.807) is 19.2 Å². The maximum absolute atomic E-state index is 12.1. The number of carbonyl (C=O) groups excluding carboxylic acids is 1. The summed E-state index contributed by atoms with van der Waals surface area (Å²) in [4.78, 5) is 12.1. The van der Waals surface area contributed by atoms with Gasteiger partial charge in [0.15, 0.2) is 0 Å². The van der Waals surface area contributed by atoms with Crippen molar-refractivity contribution in [1.29, 1.82) is 0 Å². The Morgan fingerprint density at radius 1 is 1.40 bits per heavy atom. The lowest BCUT2D eigenvalue weighted by molar-refractivity contribution is 0.0948. The zero-order valence-electron chi connectivity index (χ0n) is 13.1. The number of nitrogens with one attached hydrogen (secondary N) is 1. The largest absolute Gasteiger partial charge is 0.496 e. The van der Waals surface area contributed by atoms with E-state index < -0.39 is 0 Å². The predicted octanol–water partition coefficient (Wildman–Crippen LogP) is 2.50. The molecule has 0 bridgehead atoms. The Morgan fingerprint density at radius 3 is 2.60 bits per heavy atom. The van der Waals surface area contributed by atoms with Gasteiger partial charge in [-0.1, -0.05) is 26.8 Å². The first-order valence-electron chi connectivity index (χ1n) is 6.91. The normalized spacial score (nSPS) is 12.9. The highest BCUT2D eigenvalue weighted by Crippen LogP contribution is 2.20. The van der Waals surface area contributed by atoms with Gasteiger partial charge in [-0.3, -0.25) is 4.79 Å². The molecule has 1 rings (SSSR count). The second kappa shape index (κ2) is 6.75. The molecule has 0 spiro atoms. The summed E-state index contributed by atoms with van der Waals surface area (Å²) < 4.78 is 5.22. The first-order valence-corrected chi connectivity index (χ1v) is 6.91. The lowest BCUT2D eigenvalue weighted by Crippen LogP contribution is -2.39. The maximum atomic E-state index is 12.1. The van der Waals surface area contributed by atoms with Crippen molar-refractivity contribution in [2.45, 2.75) is 40.2 Å². The summed E-state index contributed by atoms with van der Waals surface area (Å²) in [6, 6.07) is 5.39. The Labute approximate surface area is 121 Å². The number of hydrogen-bond acceptors (Lipinski definition) is 3. The number of rotatable bonds is 5. The molecule has 0 aromatic heterocycles. The van der Waals surface area contributed by atoms with Gasteiger partial charge in [0.25, 0.3) is 5.91 Å². The van der Waals surface area contributed by atoms with E-state index >= 15 is 0 Å². The first-order chi connectivity index (χ1) is 9.23. The minimum Gasteiger partial charge on any atom is -0.496 e. The van der Waals surface area contributed by atoms with Crippen molar-refractivity contribution in [3.8, 4) is 5.75 Å². The first kappa shape index (κ1) is 16.5. The second-order valence-corrected chi connectivity index (χ2v) is 6.42. The summed E-state index contributed by atoms with van der Waals surface area (Å²) >= 11 is 0. The molecule has 4 nitrogen and oxygen atoms in total. The topological polar surface area (TPSA) is 64.3 Å². The highest BCUT2D eigenvalue weighted by molar-refractivity contribution is 5.94. The summed E-state index contributed by atoms with van der Waals surface area (Å²) in [6.45, 7) is 8.84. The molecule has 3 N–H and O–H groups in total. The van der Waals surface area contributed by atoms with Gasteiger partial charge in [0.05, 0.1) is 7.11 Å². The Hall–Kier alpha value is -1.55. The van der Waals surface area contributed by atoms with E-state index in [2.05, 4.69) is 26.1 Å². The van der Waals surface area contributed by atoms with E-state index in [4.69, 9.17) is 10.5 Å². The summed E-state index contributed by atoms with van der Waals surface area (Å²) in [5.41, 5.74) is 7.79. The van der Waals surface area contributed by atoms with Gasteiger partial charge in [0.1, 0.15) is 5.75 Å². The molecule has 0 fully saturated rings. The van der Waals surface area contributed by atoms with Gasteiger partial charge in [-0.15, -0.1) is 0 Å². The van der Waals surface area contributed by atoms with Crippen LogP contribution >= 0.6 is 0 Å². The molecule has 1 aromatic rings. The van der Waals surface area contributed by atoms with Crippen molar-refractivity contribution in [3.05, 3.63) is 29.3 Å². The third-order valence-electron chi connectivity index (χ3n) is 3.07. The Kier molecular flexibility index (Phi) is 5.57. The number of amides is 1. The van der Waals surface area contributed by atoms with Crippen molar-refractivity contribution in [1.82, 2.24) is 5.32 Å². The highest BCUT2D eigenvalue weighted by atomic mass is 16.5. The number of methoxy groups -OCH3 is 1.